The van der Waals surface area contributed by atoms with E-state index in [1.165, 1.54) is 11.3 Å². The summed E-state index contributed by atoms with van der Waals surface area (Å²) in [6, 6.07) is 6.97. The Bertz CT molecular complexity index is 809. The van der Waals surface area contributed by atoms with Crippen LogP contribution >= 0.6 is 11.3 Å². The second kappa shape index (κ2) is 9.40. The van der Waals surface area contributed by atoms with E-state index in [1.807, 2.05) is 0 Å². The first-order valence-electron chi connectivity index (χ1n) is 8.14. The first-order chi connectivity index (χ1) is 13.2. The van der Waals surface area contributed by atoms with Crippen LogP contribution in [0.25, 0.3) is 10.6 Å². The standard InChI is InChI=1S/C17H18F3N3O4S/c1-23(15(24)17(18,19)20)7-2-8-27-12-5-3-11(4-6-12)14-21-9-13(28-14)10-22-16(25)26/h3-6,9,22H,2,7-8,10H2,1H3,(H,25,26). The molecule has 2 aromatic rings. The lowest BCUT2D eigenvalue weighted by atomic mass is 10.2. The molecule has 0 aliphatic carbocycles. The highest BCUT2D eigenvalue weighted by Crippen LogP contribution is 2.27. The van der Waals surface area contributed by atoms with Crippen molar-refractivity contribution in [1.82, 2.24) is 15.2 Å². The number of aromatic nitrogens is 1. The average molecular weight is 417 g/mol. The van der Waals surface area contributed by atoms with Crippen LogP contribution in [-0.2, 0) is 11.3 Å². The molecule has 0 spiro atoms. The zero-order valence-electron chi connectivity index (χ0n) is 14.8. The van der Waals surface area contributed by atoms with E-state index in [1.54, 1.807) is 30.5 Å². The van der Waals surface area contributed by atoms with Gasteiger partial charge in [0.2, 0.25) is 0 Å². The lowest BCUT2D eigenvalue weighted by Gasteiger charge is -2.18. The normalized spacial score (nSPS) is 11.1. The molecule has 0 aliphatic heterocycles. The molecule has 28 heavy (non-hydrogen) atoms. The highest BCUT2D eigenvalue weighted by atomic mass is 32.1. The van der Waals surface area contributed by atoms with Crippen LogP contribution in [0.2, 0.25) is 0 Å². The summed E-state index contributed by atoms with van der Waals surface area (Å²) in [5.74, 6) is -1.34. The van der Waals surface area contributed by atoms with Crippen molar-refractivity contribution in [1.29, 1.82) is 0 Å². The predicted molar refractivity (Wildman–Crippen MR) is 96.2 cm³/mol. The first-order valence-corrected chi connectivity index (χ1v) is 8.95. The number of halogens is 3. The molecular weight excluding hydrogens is 399 g/mol. The van der Waals surface area contributed by atoms with Crippen molar-refractivity contribution in [2.75, 3.05) is 20.2 Å². The van der Waals surface area contributed by atoms with Crippen molar-refractivity contribution in [2.45, 2.75) is 19.1 Å². The van der Waals surface area contributed by atoms with Gasteiger partial charge >= 0.3 is 18.2 Å². The molecule has 0 fully saturated rings. The molecular formula is C17H18F3N3O4S. The fourth-order valence-corrected chi connectivity index (χ4v) is 3.05. The van der Waals surface area contributed by atoms with Gasteiger partial charge in [-0.25, -0.2) is 9.78 Å². The third-order valence-corrected chi connectivity index (χ3v) is 4.61. The van der Waals surface area contributed by atoms with Gasteiger partial charge in [0.15, 0.2) is 0 Å². The number of nitrogens with one attached hydrogen (secondary N) is 1. The molecule has 11 heteroatoms. The van der Waals surface area contributed by atoms with Gasteiger partial charge in [0.05, 0.1) is 13.2 Å². The van der Waals surface area contributed by atoms with E-state index in [-0.39, 0.29) is 26.1 Å². The number of thiazole rings is 1. The Labute approximate surface area is 162 Å². The minimum absolute atomic E-state index is 0.0668. The summed E-state index contributed by atoms with van der Waals surface area (Å²) in [6.07, 6.45) is -4.12. The number of carbonyl (C=O) groups is 2. The second-order valence-electron chi connectivity index (χ2n) is 5.74. The van der Waals surface area contributed by atoms with Gasteiger partial charge in [0.25, 0.3) is 0 Å². The lowest BCUT2D eigenvalue weighted by molar-refractivity contribution is -0.184. The maximum absolute atomic E-state index is 12.3. The predicted octanol–water partition coefficient (Wildman–Crippen LogP) is 3.37. The Morgan fingerprint density at radius 2 is 1.96 bits per heavy atom. The van der Waals surface area contributed by atoms with Gasteiger partial charge in [0, 0.05) is 30.2 Å². The molecule has 152 valence electrons. The minimum atomic E-state index is -4.87. The zero-order chi connectivity index (χ0) is 20.7. The molecule has 0 saturated heterocycles. The average Bonchev–Trinajstić information content (AvgIpc) is 3.11. The van der Waals surface area contributed by atoms with E-state index in [0.29, 0.717) is 10.6 Å². The van der Waals surface area contributed by atoms with E-state index in [9.17, 15) is 22.8 Å². The molecule has 2 N–H and O–H groups in total. The van der Waals surface area contributed by atoms with Crippen LogP contribution in [0.4, 0.5) is 18.0 Å². The van der Waals surface area contributed by atoms with E-state index >= 15 is 0 Å². The number of rotatable bonds is 8. The maximum Gasteiger partial charge on any atom is 0.471 e. The van der Waals surface area contributed by atoms with Gasteiger partial charge in [-0.1, -0.05) is 0 Å². The Kier molecular flexibility index (Phi) is 7.21. The van der Waals surface area contributed by atoms with E-state index < -0.39 is 18.2 Å². The number of alkyl halides is 3. The van der Waals surface area contributed by atoms with Crippen LogP contribution in [0.1, 0.15) is 11.3 Å². The summed E-state index contributed by atoms with van der Waals surface area (Å²) >= 11 is 1.36. The van der Waals surface area contributed by atoms with Crippen LogP contribution < -0.4 is 10.1 Å². The summed E-state index contributed by atoms with van der Waals surface area (Å²) in [6.45, 7) is 0.277. The molecule has 1 aromatic heterocycles. The number of carbonyl (C=O) groups excluding carboxylic acids is 1. The molecule has 0 atom stereocenters. The van der Waals surface area contributed by atoms with Crippen molar-refractivity contribution in [3.8, 4) is 16.3 Å². The van der Waals surface area contributed by atoms with E-state index in [4.69, 9.17) is 9.84 Å². The third-order valence-electron chi connectivity index (χ3n) is 3.56. The molecule has 1 heterocycles. The lowest BCUT2D eigenvalue weighted by Crippen LogP contribution is -2.39. The smallest absolute Gasteiger partial charge is 0.471 e. The van der Waals surface area contributed by atoms with Gasteiger partial charge < -0.3 is 20.1 Å². The quantitative estimate of drug-likeness (QED) is 0.643. The Hall–Kier alpha value is -2.82. The summed E-state index contributed by atoms with van der Waals surface area (Å²) < 4.78 is 42.3. The number of benzene rings is 1. The fraction of sp³-hybridized carbons (Fsp3) is 0.353. The van der Waals surface area contributed by atoms with Gasteiger partial charge in [-0.3, -0.25) is 4.79 Å². The zero-order valence-corrected chi connectivity index (χ0v) is 15.6. The summed E-state index contributed by atoms with van der Waals surface area (Å²) in [5, 5.41) is 11.6. The first kappa shape index (κ1) is 21.5. The van der Waals surface area contributed by atoms with Gasteiger partial charge in [-0.05, 0) is 30.7 Å². The summed E-state index contributed by atoms with van der Waals surface area (Å²) in [7, 11) is 1.10. The van der Waals surface area contributed by atoms with Crippen LogP contribution in [-0.4, -0.2) is 53.4 Å². The number of amides is 2. The van der Waals surface area contributed by atoms with Gasteiger partial charge in [-0.15, -0.1) is 11.3 Å². The van der Waals surface area contributed by atoms with Crippen LogP contribution in [0.15, 0.2) is 30.5 Å². The Morgan fingerprint density at radius 1 is 1.29 bits per heavy atom. The van der Waals surface area contributed by atoms with E-state index in [2.05, 4.69) is 10.3 Å². The number of hydrogen-bond donors (Lipinski definition) is 2. The second-order valence-corrected chi connectivity index (χ2v) is 6.86. The number of ether oxygens (including phenoxy) is 1. The Morgan fingerprint density at radius 3 is 2.57 bits per heavy atom. The van der Waals surface area contributed by atoms with Gasteiger partial charge in [0.1, 0.15) is 10.8 Å². The van der Waals surface area contributed by atoms with Crippen molar-refractivity contribution in [3.05, 3.63) is 35.3 Å². The van der Waals surface area contributed by atoms with Crippen LogP contribution in [0.5, 0.6) is 5.75 Å². The van der Waals surface area contributed by atoms with Crippen molar-refractivity contribution in [3.63, 3.8) is 0 Å². The SMILES string of the molecule is CN(CCCOc1ccc(-c2ncc(CNC(=O)O)s2)cc1)C(=O)C(F)(F)F. The van der Waals surface area contributed by atoms with Crippen LogP contribution in [0, 0.1) is 0 Å². The largest absolute Gasteiger partial charge is 0.494 e. The molecule has 0 unspecified atom stereocenters. The monoisotopic (exact) mass is 417 g/mol. The maximum atomic E-state index is 12.3. The highest BCUT2D eigenvalue weighted by Gasteiger charge is 2.40. The highest BCUT2D eigenvalue weighted by molar-refractivity contribution is 7.15. The molecule has 2 rings (SSSR count). The molecule has 0 radical (unpaired) electrons. The Balaban J connectivity index is 1.80. The third kappa shape index (κ3) is 6.41. The number of nitrogens with zero attached hydrogens (tertiary/aromatic N) is 2. The van der Waals surface area contributed by atoms with Crippen molar-refractivity contribution in [2.24, 2.45) is 0 Å². The molecule has 0 saturated carbocycles. The topological polar surface area (TPSA) is 91.8 Å². The van der Waals surface area contributed by atoms with Crippen molar-refractivity contribution < 1.29 is 32.6 Å². The molecule has 0 bridgehead atoms. The number of hydrogen-bond acceptors (Lipinski definition) is 5. The van der Waals surface area contributed by atoms with Crippen LogP contribution in [0.3, 0.4) is 0 Å². The molecule has 2 amide bonds. The minimum Gasteiger partial charge on any atom is -0.494 e. The summed E-state index contributed by atoms with van der Waals surface area (Å²) in [5.41, 5.74) is 0.828. The molecule has 0 aliphatic rings. The molecule has 7 nitrogen and oxygen atoms in total. The number of carboxylic acid groups (broad SMARTS) is 1. The molecule has 1 aromatic carbocycles. The van der Waals surface area contributed by atoms with E-state index in [0.717, 1.165) is 22.5 Å². The summed E-state index contributed by atoms with van der Waals surface area (Å²) in [4.78, 5) is 27.1. The van der Waals surface area contributed by atoms with Gasteiger partial charge in [-0.2, -0.15) is 13.2 Å². The van der Waals surface area contributed by atoms with Crippen molar-refractivity contribution >= 4 is 23.3 Å². The fourth-order valence-electron chi connectivity index (χ4n) is 2.19.